The van der Waals surface area contributed by atoms with Gasteiger partial charge in [-0.05, 0) is 75.3 Å². The molecule has 0 spiro atoms. The van der Waals surface area contributed by atoms with Crippen LogP contribution < -0.4 is 10.6 Å². The molecule has 2 aromatic carbocycles. The number of rotatable bonds is 4. The lowest BCUT2D eigenvalue weighted by atomic mass is 10.1. The van der Waals surface area contributed by atoms with Gasteiger partial charge in [0.15, 0.2) is 5.11 Å². The van der Waals surface area contributed by atoms with E-state index < -0.39 is 0 Å². The first-order valence-electron chi connectivity index (χ1n) is 8.88. The summed E-state index contributed by atoms with van der Waals surface area (Å²) in [6.45, 7) is 8.55. The van der Waals surface area contributed by atoms with Gasteiger partial charge in [0, 0.05) is 21.3 Å². The van der Waals surface area contributed by atoms with Crippen LogP contribution in [0.3, 0.4) is 0 Å². The fourth-order valence-corrected chi connectivity index (χ4v) is 3.92. The first-order valence-corrected chi connectivity index (χ1v) is 10.0. The number of halogens is 2. The number of nitrogens with zero attached hydrogens (tertiary/aromatic N) is 2. The van der Waals surface area contributed by atoms with Crippen molar-refractivity contribution >= 4 is 51.9 Å². The summed E-state index contributed by atoms with van der Waals surface area (Å²) < 4.78 is 1.88. The van der Waals surface area contributed by atoms with Gasteiger partial charge in [-0.1, -0.05) is 35.3 Å². The van der Waals surface area contributed by atoms with Crippen molar-refractivity contribution in [3.8, 4) is 0 Å². The van der Waals surface area contributed by atoms with Crippen LogP contribution >= 0.6 is 35.4 Å². The second kappa shape index (κ2) is 8.52. The van der Waals surface area contributed by atoms with Gasteiger partial charge in [0.25, 0.3) is 0 Å². The van der Waals surface area contributed by atoms with Crippen LogP contribution in [0.15, 0.2) is 36.4 Å². The third-order valence-corrected chi connectivity index (χ3v) is 5.38. The van der Waals surface area contributed by atoms with E-state index in [-0.39, 0.29) is 0 Å². The quantitative estimate of drug-likeness (QED) is 0.475. The fourth-order valence-electron chi connectivity index (χ4n) is 3.19. The Morgan fingerprint density at radius 2 is 1.61 bits per heavy atom. The second-order valence-corrected chi connectivity index (χ2v) is 8.08. The van der Waals surface area contributed by atoms with Crippen molar-refractivity contribution in [2.45, 2.75) is 34.2 Å². The summed E-state index contributed by atoms with van der Waals surface area (Å²) in [5.74, 6) is 0. The molecule has 0 bridgehead atoms. The second-order valence-electron chi connectivity index (χ2n) is 6.86. The van der Waals surface area contributed by atoms with Crippen LogP contribution in [0.4, 0.5) is 11.4 Å². The highest BCUT2D eigenvalue weighted by molar-refractivity contribution is 7.80. The highest BCUT2D eigenvalue weighted by atomic mass is 35.5. The van der Waals surface area contributed by atoms with Crippen molar-refractivity contribution in [1.29, 1.82) is 0 Å². The van der Waals surface area contributed by atoms with E-state index in [9.17, 15) is 0 Å². The fraction of sp³-hybridized carbons (Fsp3) is 0.238. The highest BCUT2D eigenvalue weighted by Gasteiger charge is 2.15. The molecule has 7 heteroatoms. The Balaban J connectivity index is 1.79. The van der Waals surface area contributed by atoms with Crippen LogP contribution in [0.25, 0.3) is 0 Å². The summed E-state index contributed by atoms with van der Waals surface area (Å²) in [7, 11) is 0. The minimum Gasteiger partial charge on any atom is -0.332 e. The zero-order valence-corrected chi connectivity index (χ0v) is 18.6. The van der Waals surface area contributed by atoms with E-state index in [0.29, 0.717) is 21.7 Å². The van der Waals surface area contributed by atoms with E-state index in [1.165, 1.54) is 11.1 Å². The molecule has 28 heavy (non-hydrogen) atoms. The third-order valence-electron chi connectivity index (χ3n) is 4.47. The van der Waals surface area contributed by atoms with Crippen molar-refractivity contribution < 1.29 is 0 Å². The summed E-state index contributed by atoms with van der Waals surface area (Å²) in [5.41, 5.74) is 6.86. The van der Waals surface area contributed by atoms with Crippen molar-refractivity contribution in [2.75, 3.05) is 10.6 Å². The number of aromatic nitrogens is 2. The predicted octanol–water partition coefficient (Wildman–Crippen LogP) is 6.28. The molecule has 0 saturated heterocycles. The van der Waals surface area contributed by atoms with Gasteiger partial charge in [-0.2, -0.15) is 5.10 Å². The molecule has 0 aliphatic heterocycles. The largest absolute Gasteiger partial charge is 0.332 e. The maximum atomic E-state index is 6.31. The van der Waals surface area contributed by atoms with E-state index in [4.69, 9.17) is 35.4 Å². The molecule has 0 radical (unpaired) electrons. The van der Waals surface area contributed by atoms with Gasteiger partial charge in [-0.3, -0.25) is 4.68 Å². The molecule has 0 unspecified atom stereocenters. The molecular formula is C21H22Cl2N4S. The summed E-state index contributed by atoms with van der Waals surface area (Å²) >= 11 is 18.1. The first kappa shape index (κ1) is 20.6. The molecule has 0 aliphatic carbocycles. The Morgan fingerprint density at radius 1 is 1.00 bits per heavy atom. The number of benzene rings is 2. The van der Waals surface area contributed by atoms with Crippen LogP contribution in [0.5, 0.6) is 0 Å². The molecule has 4 nitrogen and oxygen atoms in total. The monoisotopic (exact) mass is 432 g/mol. The van der Waals surface area contributed by atoms with Crippen LogP contribution in [0.1, 0.15) is 28.1 Å². The SMILES string of the molecule is Cc1cc(C)cc(NC(=S)Nc2c(C)nn(Cc3c(Cl)cccc3Cl)c2C)c1. The first-order chi connectivity index (χ1) is 13.2. The van der Waals surface area contributed by atoms with E-state index in [0.717, 1.165) is 28.3 Å². The van der Waals surface area contributed by atoms with Crippen LogP contribution in [0.2, 0.25) is 10.0 Å². The number of nitrogens with one attached hydrogen (secondary N) is 2. The normalized spacial score (nSPS) is 10.8. The molecule has 0 fully saturated rings. The highest BCUT2D eigenvalue weighted by Crippen LogP contribution is 2.27. The zero-order valence-electron chi connectivity index (χ0n) is 16.2. The molecule has 3 rings (SSSR count). The number of hydrogen-bond acceptors (Lipinski definition) is 2. The lowest BCUT2D eigenvalue weighted by Crippen LogP contribution is -2.20. The average molecular weight is 433 g/mol. The maximum absolute atomic E-state index is 6.31. The average Bonchev–Trinajstić information content (AvgIpc) is 2.85. The Hall–Kier alpha value is -2.08. The van der Waals surface area contributed by atoms with Gasteiger partial charge in [-0.15, -0.1) is 0 Å². The van der Waals surface area contributed by atoms with Gasteiger partial charge in [-0.25, -0.2) is 0 Å². The van der Waals surface area contributed by atoms with Crippen LogP contribution in [-0.2, 0) is 6.54 Å². The minimum absolute atomic E-state index is 0.490. The molecule has 0 atom stereocenters. The molecule has 2 N–H and O–H groups in total. The van der Waals surface area contributed by atoms with Gasteiger partial charge in [0.05, 0.1) is 23.6 Å². The Morgan fingerprint density at radius 3 is 2.21 bits per heavy atom. The third kappa shape index (κ3) is 4.66. The Kier molecular flexibility index (Phi) is 6.28. The summed E-state index contributed by atoms with van der Waals surface area (Å²) in [5, 5.41) is 12.9. The summed E-state index contributed by atoms with van der Waals surface area (Å²) in [4.78, 5) is 0. The number of aryl methyl sites for hydroxylation is 3. The molecule has 0 amide bonds. The van der Waals surface area contributed by atoms with E-state index in [2.05, 4.69) is 47.8 Å². The molecular weight excluding hydrogens is 411 g/mol. The van der Waals surface area contributed by atoms with Crippen LogP contribution in [-0.4, -0.2) is 14.9 Å². The summed E-state index contributed by atoms with van der Waals surface area (Å²) in [6.07, 6.45) is 0. The van der Waals surface area contributed by atoms with E-state index in [1.54, 1.807) is 0 Å². The van der Waals surface area contributed by atoms with Crippen LogP contribution in [0, 0.1) is 27.7 Å². The van der Waals surface area contributed by atoms with E-state index >= 15 is 0 Å². The molecule has 3 aromatic rings. The Labute approximate surface area is 180 Å². The lowest BCUT2D eigenvalue weighted by Gasteiger charge is -2.13. The van der Waals surface area contributed by atoms with Crippen molar-refractivity contribution in [3.05, 3.63) is 74.5 Å². The number of hydrogen-bond donors (Lipinski definition) is 2. The standard InChI is InChI=1S/C21H22Cl2N4S/c1-12-8-13(2)10-16(9-12)24-21(28)25-20-14(3)26-27(15(20)4)11-17-18(22)6-5-7-19(17)23/h5-10H,11H2,1-4H3,(H2,24,25,28). The topological polar surface area (TPSA) is 41.9 Å². The molecule has 1 heterocycles. The smallest absolute Gasteiger partial charge is 0.175 e. The lowest BCUT2D eigenvalue weighted by molar-refractivity contribution is 0.659. The van der Waals surface area contributed by atoms with Gasteiger partial charge in [0.1, 0.15) is 0 Å². The van der Waals surface area contributed by atoms with Crippen molar-refractivity contribution in [3.63, 3.8) is 0 Å². The van der Waals surface area contributed by atoms with Crippen molar-refractivity contribution in [1.82, 2.24) is 9.78 Å². The van der Waals surface area contributed by atoms with Gasteiger partial charge < -0.3 is 10.6 Å². The summed E-state index contributed by atoms with van der Waals surface area (Å²) in [6, 6.07) is 11.7. The molecule has 1 aromatic heterocycles. The molecule has 0 aliphatic rings. The minimum atomic E-state index is 0.490. The molecule has 146 valence electrons. The molecule has 0 saturated carbocycles. The van der Waals surface area contributed by atoms with Gasteiger partial charge in [0.2, 0.25) is 0 Å². The number of anilines is 2. The predicted molar refractivity (Wildman–Crippen MR) is 123 cm³/mol. The van der Waals surface area contributed by atoms with Crippen molar-refractivity contribution in [2.24, 2.45) is 0 Å². The van der Waals surface area contributed by atoms with Gasteiger partial charge >= 0.3 is 0 Å². The zero-order chi connectivity index (χ0) is 20.4. The number of thiocarbonyl (C=S) groups is 1. The maximum Gasteiger partial charge on any atom is 0.175 e. The Bertz CT molecular complexity index is 1000. The van der Waals surface area contributed by atoms with E-state index in [1.807, 2.05) is 36.7 Å².